The van der Waals surface area contributed by atoms with Crippen molar-refractivity contribution >= 4 is 17.5 Å². The Hall–Kier alpha value is -2.76. The second kappa shape index (κ2) is 9.60. The van der Waals surface area contributed by atoms with Crippen LogP contribution in [0.2, 0.25) is 0 Å². The first-order valence-electron chi connectivity index (χ1n) is 12.2. The predicted molar refractivity (Wildman–Crippen MR) is 124 cm³/mol. The van der Waals surface area contributed by atoms with Crippen LogP contribution in [0.5, 0.6) is 5.75 Å². The Morgan fingerprint density at radius 2 is 1.83 bits per heavy atom. The third-order valence-corrected chi connectivity index (χ3v) is 6.84. The number of hydrogen-bond acceptors (Lipinski definition) is 7. The first-order chi connectivity index (χ1) is 16.8. The van der Waals surface area contributed by atoms with Gasteiger partial charge in [-0.15, -0.1) is 0 Å². The maximum absolute atomic E-state index is 14.4. The molecular weight excluding hydrogens is 483 g/mol. The van der Waals surface area contributed by atoms with Gasteiger partial charge in [-0.1, -0.05) is 0 Å². The van der Waals surface area contributed by atoms with Crippen LogP contribution < -0.4 is 9.64 Å². The van der Waals surface area contributed by atoms with Crippen molar-refractivity contribution in [2.75, 3.05) is 37.7 Å². The molecule has 1 amide bonds. The average molecular weight is 516 g/mol. The van der Waals surface area contributed by atoms with Crippen molar-refractivity contribution in [1.82, 2.24) is 4.90 Å². The number of ether oxygens (including phenoxy) is 3. The second-order valence-corrected chi connectivity index (χ2v) is 10.7. The summed E-state index contributed by atoms with van der Waals surface area (Å²) < 4.78 is 60.2. The number of carbonyl (C=O) groups excluding carboxylic acids is 1. The molecule has 0 atom stereocenters. The molecule has 2 saturated heterocycles. The summed E-state index contributed by atoms with van der Waals surface area (Å²) >= 11 is 0. The molecule has 2 aliphatic heterocycles. The molecule has 1 saturated carbocycles. The van der Waals surface area contributed by atoms with Gasteiger partial charge in [0.1, 0.15) is 22.6 Å². The fraction of sp³-hybridized carbons (Fsp3) is 0.708. The number of amides is 1. The molecule has 1 aromatic rings. The average Bonchev–Trinajstić information content (AvgIpc) is 2.74. The molecule has 4 rings (SSSR count). The molecule has 1 aliphatic carbocycles. The van der Waals surface area contributed by atoms with E-state index in [0.717, 1.165) is 18.6 Å². The van der Waals surface area contributed by atoms with Crippen molar-refractivity contribution in [3.05, 3.63) is 27.8 Å². The zero-order valence-electron chi connectivity index (χ0n) is 20.7. The lowest BCUT2D eigenvalue weighted by Crippen LogP contribution is -2.58. The lowest BCUT2D eigenvalue weighted by Gasteiger charge is -2.48. The first kappa shape index (κ1) is 26.3. The summed E-state index contributed by atoms with van der Waals surface area (Å²) in [5, 5.41) is 11.8. The quantitative estimate of drug-likeness (QED) is 0.404. The largest absolute Gasteiger partial charge is 0.490 e. The fourth-order valence-electron chi connectivity index (χ4n) is 4.83. The highest BCUT2D eigenvalue weighted by Gasteiger charge is 2.47. The minimum Gasteiger partial charge on any atom is -0.490 e. The van der Waals surface area contributed by atoms with E-state index in [1.54, 1.807) is 25.7 Å². The van der Waals surface area contributed by atoms with Crippen molar-refractivity contribution in [2.45, 2.75) is 76.4 Å². The molecule has 9 nitrogen and oxygen atoms in total. The van der Waals surface area contributed by atoms with Crippen LogP contribution in [0.4, 0.5) is 29.3 Å². The number of nitrogens with zero attached hydrogens (tertiary/aromatic N) is 3. The van der Waals surface area contributed by atoms with Crippen LogP contribution in [0.15, 0.2) is 12.1 Å². The minimum atomic E-state index is -4.86. The molecule has 3 fully saturated rings. The molecule has 1 spiro atoms. The number of benzene rings is 1. The number of hydrogen-bond donors (Lipinski definition) is 0. The summed E-state index contributed by atoms with van der Waals surface area (Å²) in [4.78, 5) is 26.4. The Morgan fingerprint density at radius 3 is 2.36 bits per heavy atom. The Bertz CT molecular complexity index is 998. The lowest BCUT2D eigenvalue weighted by molar-refractivity contribution is -0.384. The molecule has 2 heterocycles. The molecule has 0 bridgehead atoms. The molecule has 3 aliphatic rings. The summed E-state index contributed by atoms with van der Waals surface area (Å²) in [5.74, 6) is -0.381. The number of likely N-dealkylation sites (tertiary alicyclic amines) is 1. The number of piperidine rings is 1. The minimum absolute atomic E-state index is 0.0337. The maximum atomic E-state index is 14.4. The monoisotopic (exact) mass is 515 g/mol. The van der Waals surface area contributed by atoms with E-state index in [4.69, 9.17) is 14.2 Å². The fourth-order valence-corrected chi connectivity index (χ4v) is 4.83. The van der Waals surface area contributed by atoms with Crippen LogP contribution in [0, 0.1) is 10.1 Å². The molecule has 0 aromatic heterocycles. The molecular formula is C24H32F3N3O6. The van der Waals surface area contributed by atoms with Gasteiger partial charge in [-0.3, -0.25) is 10.1 Å². The van der Waals surface area contributed by atoms with Gasteiger partial charge in [0.25, 0.3) is 5.69 Å². The number of anilines is 1. The molecule has 0 radical (unpaired) electrons. The topological polar surface area (TPSA) is 94.4 Å². The van der Waals surface area contributed by atoms with Gasteiger partial charge >= 0.3 is 12.3 Å². The summed E-state index contributed by atoms with van der Waals surface area (Å²) in [6, 6.07) is 2.14. The van der Waals surface area contributed by atoms with Crippen LogP contribution in [0.1, 0.15) is 58.4 Å². The number of nitro groups is 1. The zero-order valence-corrected chi connectivity index (χ0v) is 20.7. The van der Waals surface area contributed by atoms with Gasteiger partial charge in [-0.05, 0) is 58.9 Å². The van der Waals surface area contributed by atoms with Gasteiger partial charge in [0.2, 0.25) is 0 Å². The Labute approximate surface area is 207 Å². The second-order valence-electron chi connectivity index (χ2n) is 10.7. The van der Waals surface area contributed by atoms with Crippen LogP contribution in [0.25, 0.3) is 0 Å². The number of rotatable bonds is 4. The SMILES string of the molecule is CC(C)(C)OC(=O)N1CCC2(CC1)CN(c1c([N+](=O)[O-])ccc(OC3CCC3)c1C(F)(F)F)CCO2. The molecule has 1 aromatic carbocycles. The maximum Gasteiger partial charge on any atom is 0.422 e. The zero-order chi connectivity index (χ0) is 26.3. The third-order valence-electron chi connectivity index (χ3n) is 6.84. The highest BCUT2D eigenvalue weighted by Crippen LogP contribution is 2.49. The van der Waals surface area contributed by atoms with E-state index in [1.165, 1.54) is 4.90 Å². The lowest BCUT2D eigenvalue weighted by atomic mass is 9.89. The van der Waals surface area contributed by atoms with Crippen molar-refractivity contribution < 1.29 is 37.1 Å². The Kier molecular flexibility index (Phi) is 7.02. The van der Waals surface area contributed by atoms with Crippen LogP contribution in [0.3, 0.4) is 0 Å². The van der Waals surface area contributed by atoms with Gasteiger partial charge in [-0.25, -0.2) is 4.79 Å². The smallest absolute Gasteiger partial charge is 0.422 e. The van der Waals surface area contributed by atoms with Crippen molar-refractivity contribution in [2.24, 2.45) is 0 Å². The van der Waals surface area contributed by atoms with Crippen molar-refractivity contribution in [1.29, 1.82) is 0 Å². The first-order valence-corrected chi connectivity index (χ1v) is 12.2. The Balaban J connectivity index is 1.61. The number of carbonyl (C=O) groups is 1. The highest BCUT2D eigenvalue weighted by atomic mass is 19.4. The number of alkyl halides is 3. The van der Waals surface area contributed by atoms with Crippen LogP contribution >= 0.6 is 0 Å². The van der Waals surface area contributed by atoms with Crippen LogP contribution in [-0.2, 0) is 15.7 Å². The standard InChI is InChI=1S/C24H32F3N3O6/c1-22(2,3)36-21(31)28-11-9-23(10-12-28)15-29(13-14-34-23)20-17(30(32)33)7-8-18(19(20)24(25,26)27)35-16-5-4-6-16/h7-8,16H,4-6,9-15H2,1-3H3. The molecule has 36 heavy (non-hydrogen) atoms. The number of morpholine rings is 1. The van der Waals surface area contributed by atoms with Gasteiger partial charge < -0.3 is 24.0 Å². The normalized spacial score (nSPS) is 20.7. The van der Waals surface area contributed by atoms with E-state index in [1.807, 2.05) is 0 Å². The predicted octanol–water partition coefficient (Wildman–Crippen LogP) is 5.15. The number of halogens is 3. The van der Waals surface area contributed by atoms with Gasteiger partial charge in [0.15, 0.2) is 0 Å². The summed E-state index contributed by atoms with van der Waals surface area (Å²) in [6.07, 6.45) is -2.72. The molecule has 0 N–H and O–H groups in total. The van der Waals surface area contributed by atoms with Gasteiger partial charge in [-0.2, -0.15) is 13.2 Å². The van der Waals surface area contributed by atoms with E-state index >= 15 is 0 Å². The van der Waals surface area contributed by atoms with E-state index in [9.17, 15) is 28.1 Å². The van der Waals surface area contributed by atoms with E-state index < -0.39 is 45.3 Å². The molecule has 12 heteroatoms. The van der Waals surface area contributed by atoms with E-state index in [0.29, 0.717) is 38.8 Å². The van der Waals surface area contributed by atoms with E-state index in [2.05, 4.69) is 0 Å². The summed E-state index contributed by atoms with van der Waals surface area (Å²) in [6.45, 7) is 6.13. The molecule has 0 unspecified atom stereocenters. The summed E-state index contributed by atoms with van der Waals surface area (Å²) in [5.41, 5.74) is -3.71. The van der Waals surface area contributed by atoms with Gasteiger partial charge in [0, 0.05) is 32.2 Å². The Morgan fingerprint density at radius 1 is 1.17 bits per heavy atom. The molecule has 200 valence electrons. The summed E-state index contributed by atoms with van der Waals surface area (Å²) in [7, 11) is 0. The highest BCUT2D eigenvalue weighted by molar-refractivity contribution is 5.73. The third kappa shape index (κ3) is 5.63. The number of nitro benzene ring substituents is 1. The van der Waals surface area contributed by atoms with Crippen molar-refractivity contribution in [3.8, 4) is 5.75 Å². The van der Waals surface area contributed by atoms with Crippen LogP contribution in [-0.4, -0.2) is 66.0 Å². The van der Waals surface area contributed by atoms with E-state index in [-0.39, 0.29) is 31.5 Å². The van der Waals surface area contributed by atoms with Gasteiger partial charge in [0.05, 0.1) is 23.2 Å². The van der Waals surface area contributed by atoms with Crippen molar-refractivity contribution in [3.63, 3.8) is 0 Å².